The van der Waals surface area contributed by atoms with Crippen LogP contribution in [0.25, 0.3) is 0 Å². The number of hydrogen-bond acceptors (Lipinski definition) is 3. The van der Waals surface area contributed by atoms with Crippen LogP contribution in [0.5, 0.6) is 0 Å². The lowest BCUT2D eigenvalue weighted by Crippen LogP contribution is -2.53. The van der Waals surface area contributed by atoms with Gasteiger partial charge in [0.1, 0.15) is 0 Å². The molecule has 106 valence electrons. The van der Waals surface area contributed by atoms with Crippen LogP contribution in [0.1, 0.15) is 37.7 Å². The first-order chi connectivity index (χ1) is 9.20. The third kappa shape index (κ3) is 3.56. The molecule has 1 saturated carbocycles. The van der Waals surface area contributed by atoms with E-state index in [2.05, 4.69) is 32.3 Å². The molecule has 0 radical (unpaired) electrons. The molecule has 4 heteroatoms. The Bertz CT molecular complexity index is 405. The first kappa shape index (κ1) is 14.9. The second kappa shape index (κ2) is 6.82. The number of nitrogens with zero attached hydrogens (tertiary/aromatic N) is 1. The van der Waals surface area contributed by atoms with Crippen LogP contribution in [0.4, 0.5) is 0 Å². The largest absolute Gasteiger partial charge is 0.377 e. The van der Waals surface area contributed by atoms with Crippen molar-refractivity contribution in [1.29, 1.82) is 0 Å². The van der Waals surface area contributed by atoms with Crippen LogP contribution in [0.2, 0.25) is 0 Å². The number of pyridine rings is 1. The molecular formula is C15H23BrN2O. The number of aromatic nitrogens is 1. The van der Waals surface area contributed by atoms with Gasteiger partial charge in [-0.3, -0.25) is 4.98 Å². The molecule has 1 aromatic rings. The van der Waals surface area contributed by atoms with Gasteiger partial charge in [-0.25, -0.2) is 0 Å². The lowest BCUT2D eigenvalue weighted by atomic mass is 9.77. The normalized spacial score (nSPS) is 20.2. The van der Waals surface area contributed by atoms with Crippen molar-refractivity contribution in [2.45, 2.75) is 50.2 Å². The van der Waals surface area contributed by atoms with Gasteiger partial charge in [0.15, 0.2) is 0 Å². The highest BCUT2D eigenvalue weighted by Gasteiger charge is 2.39. The fraction of sp³-hybridized carbons (Fsp3) is 0.667. The molecule has 0 spiro atoms. The number of hydrogen-bond donors (Lipinski definition) is 1. The maximum atomic E-state index is 5.94. The standard InChI is InChI=1S/C15H23BrN2O/c1-17-14(9-12-8-13(16)11-18-10-12)15(19-2)6-4-3-5-7-15/h8,10-11,14,17H,3-7,9H2,1-2H3. The molecule has 1 aromatic heterocycles. The number of nitrogens with one attached hydrogen (secondary N) is 1. The van der Waals surface area contributed by atoms with Crippen LogP contribution in [0.15, 0.2) is 22.9 Å². The van der Waals surface area contributed by atoms with E-state index in [-0.39, 0.29) is 5.60 Å². The van der Waals surface area contributed by atoms with Crippen molar-refractivity contribution in [2.75, 3.05) is 14.2 Å². The van der Waals surface area contributed by atoms with E-state index in [0.717, 1.165) is 23.7 Å². The van der Waals surface area contributed by atoms with E-state index in [0.29, 0.717) is 6.04 Å². The van der Waals surface area contributed by atoms with E-state index in [1.165, 1.54) is 24.8 Å². The second-order valence-corrected chi connectivity index (χ2v) is 6.30. The van der Waals surface area contributed by atoms with Gasteiger partial charge in [0.2, 0.25) is 0 Å². The molecule has 1 fully saturated rings. The lowest BCUT2D eigenvalue weighted by molar-refractivity contribution is -0.0657. The zero-order valence-electron chi connectivity index (χ0n) is 11.8. The first-order valence-electron chi connectivity index (χ1n) is 7.02. The van der Waals surface area contributed by atoms with Crippen LogP contribution in [-0.2, 0) is 11.2 Å². The van der Waals surface area contributed by atoms with E-state index in [1.807, 2.05) is 26.6 Å². The zero-order valence-corrected chi connectivity index (χ0v) is 13.4. The van der Waals surface area contributed by atoms with Gasteiger partial charge in [0, 0.05) is 30.0 Å². The molecule has 3 nitrogen and oxygen atoms in total. The summed E-state index contributed by atoms with van der Waals surface area (Å²) < 4.78 is 6.98. The average Bonchev–Trinajstić information content (AvgIpc) is 2.45. The van der Waals surface area contributed by atoms with Gasteiger partial charge in [-0.1, -0.05) is 19.3 Å². The van der Waals surface area contributed by atoms with Gasteiger partial charge in [0.25, 0.3) is 0 Å². The summed E-state index contributed by atoms with van der Waals surface area (Å²) in [5.74, 6) is 0. The van der Waals surface area contributed by atoms with Crippen molar-refractivity contribution in [1.82, 2.24) is 10.3 Å². The molecule has 0 aliphatic heterocycles. The highest BCUT2D eigenvalue weighted by atomic mass is 79.9. The first-order valence-corrected chi connectivity index (χ1v) is 7.81. The molecule has 1 atom stereocenters. The summed E-state index contributed by atoms with van der Waals surface area (Å²) in [6.45, 7) is 0. The van der Waals surface area contributed by atoms with Crippen molar-refractivity contribution < 1.29 is 4.74 Å². The van der Waals surface area contributed by atoms with Crippen molar-refractivity contribution >= 4 is 15.9 Å². The molecule has 1 heterocycles. The van der Waals surface area contributed by atoms with E-state index in [4.69, 9.17) is 4.74 Å². The van der Waals surface area contributed by atoms with Gasteiger partial charge >= 0.3 is 0 Å². The monoisotopic (exact) mass is 326 g/mol. The summed E-state index contributed by atoms with van der Waals surface area (Å²) in [6.07, 6.45) is 10.9. The second-order valence-electron chi connectivity index (χ2n) is 5.39. The quantitative estimate of drug-likeness (QED) is 0.901. The molecule has 0 bridgehead atoms. The average molecular weight is 327 g/mol. The third-order valence-electron chi connectivity index (χ3n) is 4.29. The number of rotatable bonds is 5. The summed E-state index contributed by atoms with van der Waals surface area (Å²) in [5, 5.41) is 3.46. The molecule has 19 heavy (non-hydrogen) atoms. The van der Waals surface area contributed by atoms with E-state index < -0.39 is 0 Å². The smallest absolute Gasteiger partial charge is 0.0834 e. The lowest BCUT2D eigenvalue weighted by Gasteiger charge is -2.42. The minimum Gasteiger partial charge on any atom is -0.377 e. The minimum atomic E-state index is -0.0185. The van der Waals surface area contributed by atoms with Gasteiger partial charge in [-0.15, -0.1) is 0 Å². The molecule has 1 aliphatic carbocycles. The Morgan fingerprint density at radius 1 is 1.37 bits per heavy atom. The molecule has 1 aliphatic rings. The Hall–Kier alpha value is -0.450. The van der Waals surface area contributed by atoms with Crippen LogP contribution >= 0.6 is 15.9 Å². The molecule has 1 unspecified atom stereocenters. The van der Waals surface area contributed by atoms with Crippen molar-refractivity contribution in [3.63, 3.8) is 0 Å². The number of ether oxygens (including phenoxy) is 1. The van der Waals surface area contributed by atoms with Crippen LogP contribution in [0.3, 0.4) is 0 Å². The predicted octanol–water partition coefficient (Wildman–Crippen LogP) is 3.32. The van der Waals surface area contributed by atoms with E-state index in [9.17, 15) is 0 Å². The number of halogens is 1. The summed E-state index contributed by atoms with van der Waals surface area (Å²) in [4.78, 5) is 4.25. The highest BCUT2D eigenvalue weighted by molar-refractivity contribution is 9.10. The number of likely N-dealkylation sites (N-methyl/N-ethyl adjacent to an activating group) is 1. The van der Waals surface area contributed by atoms with Gasteiger partial charge in [0.05, 0.1) is 5.60 Å². The fourth-order valence-corrected chi connectivity index (χ4v) is 3.61. The maximum Gasteiger partial charge on any atom is 0.0834 e. The molecule has 1 N–H and O–H groups in total. The summed E-state index contributed by atoms with van der Waals surface area (Å²) >= 11 is 3.49. The van der Waals surface area contributed by atoms with Crippen molar-refractivity contribution in [3.05, 3.63) is 28.5 Å². The van der Waals surface area contributed by atoms with Gasteiger partial charge < -0.3 is 10.1 Å². The van der Waals surface area contributed by atoms with Crippen LogP contribution in [-0.4, -0.2) is 30.8 Å². The molecular weight excluding hydrogens is 304 g/mol. The van der Waals surface area contributed by atoms with Crippen LogP contribution < -0.4 is 5.32 Å². The predicted molar refractivity (Wildman–Crippen MR) is 81.3 cm³/mol. The van der Waals surface area contributed by atoms with Gasteiger partial charge in [-0.2, -0.15) is 0 Å². The summed E-state index contributed by atoms with van der Waals surface area (Å²) in [6, 6.07) is 2.48. The Kier molecular flexibility index (Phi) is 5.37. The summed E-state index contributed by atoms with van der Waals surface area (Å²) in [5.41, 5.74) is 1.23. The highest BCUT2D eigenvalue weighted by Crippen LogP contribution is 2.35. The third-order valence-corrected chi connectivity index (χ3v) is 4.72. The Labute approximate surface area is 124 Å². The molecule has 0 aromatic carbocycles. The number of methoxy groups -OCH3 is 1. The molecule has 2 rings (SSSR count). The fourth-order valence-electron chi connectivity index (χ4n) is 3.20. The topological polar surface area (TPSA) is 34.2 Å². The molecule has 0 saturated heterocycles. The van der Waals surface area contributed by atoms with E-state index >= 15 is 0 Å². The Morgan fingerprint density at radius 3 is 2.68 bits per heavy atom. The Balaban J connectivity index is 2.14. The van der Waals surface area contributed by atoms with Gasteiger partial charge in [-0.05, 0) is 53.9 Å². The van der Waals surface area contributed by atoms with E-state index in [1.54, 1.807) is 0 Å². The van der Waals surface area contributed by atoms with Crippen molar-refractivity contribution in [2.24, 2.45) is 0 Å². The molecule has 0 amide bonds. The van der Waals surface area contributed by atoms with Crippen LogP contribution in [0, 0.1) is 0 Å². The SMILES string of the molecule is CNC(Cc1cncc(Br)c1)C1(OC)CCCCC1. The minimum absolute atomic E-state index is 0.0185. The summed E-state index contributed by atoms with van der Waals surface area (Å²) in [7, 11) is 3.89. The maximum absolute atomic E-state index is 5.94. The van der Waals surface area contributed by atoms with Crippen molar-refractivity contribution in [3.8, 4) is 0 Å². The Morgan fingerprint density at radius 2 is 2.11 bits per heavy atom. The zero-order chi connectivity index (χ0) is 13.7.